The van der Waals surface area contributed by atoms with Crippen molar-refractivity contribution < 1.29 is 24.5 Å². The molecule has 0 aliphatic carbocycles. The third kappa shape index (κ3) is 2.43. The highest BCUT2D eigenvalue weighted by Gasteiger charge is 2.15. The Morgan fingerprint density at radius 2 is 2.00 bits per heavy atom. The summed E-state index contributed by atoms with van der Waals surface area (Å²) in [6.45, 7) is -0.0808. The number of hydrogen-bond donors (Lipinski definition) is 2. The van der Waals surface area contributed by atoms with E-state index in [4.69, 9.17) is 19.7 Å². The maximum absolute atomic E-state index is 10.9. The minimum atomic E-state index is -1.04. The predicted molar refractivity (Wildman–Crippen MR) is 57.3 cm³/mol. The standard InChI is InChI=1S/C11H14O5/c1-15-9-6-8(11(13)14)5-7(3-4-12)10(9)16-2/h5-6,12H,3-4H2,1-2H3,(H,13,14). The molecular formula is C11H14O5. The quantitative estimate of drug-likeness (QED) is 0.781. The molecule has 88 valence electrons. The first kappa shape index (κ1) is 12.3. The van der Waals surface area contributed by atoms with E-state index in [1.807, 2.05) is 0 Å². The van der Waals surface area contributed by atoms with Gasteiger partial charge in [-0.3, -0.25) is 0 Å². The van der Waals surface area contributed by atoms with Crippen molar-refractivity contribution in [1.82, 2.24) is 0 Å². The summed E-state index contributed by atoms with van der Waals surface area (Å²) in [5.41, 5.74) is 0.725. The van der Waals surface area contributed by atoms with Crippen LogP contribution in [0.2, 0.25) is 0 Å². The van der Waals surface area contributed by atoms with Crippen molar-refractivity contribution in [2.45, 2.75) is 6.42 Å². The number of carboxylic acids is 1. The summed E-state index contributed by atoms with van der Waals surface area (Å²) >= 11 is 0. The second-order valence-corrected chi connectivity index (χ2v) is 3.15. The average molecular weight is 226 g/mol. The predicted octanol–water partition coefficient (Wildman–Crippen LogP) is 0.937. The van der Waals surface area contributed by atoms with E-state index in [1.54, 1.807) is 0 Å². The monoisotopic (exact) mass is 226 g/mol. The minimum absolute atomic E-state index is 0.0808. The molecule has 5 nitrogen and oxygen atoms in total. The summed E-state index contributed by atoms with van der Waals surface area (Å²) in [6.07, 6.45) is 0.320. The zero-order valence-electron chi connectivity index (χ0n) is 9.19. The number of ether oxygens (including phenoxy) is 2. The van der Waals surface area contributed by atoms with E-state index in [1.165, 1.54) is 26.4 Å². The Bertz CT molecular complexity index is 386. The van der Waals surface area contributed by atoms with E-state index in [0.717, 1.165) is 0 Å². The summed E-state index contributed by atoms with van der Waals surface area (Å²) in [4.78, 5) is 10.9. The number of rotatable bonds is 5. The molecule has 0 unspecified atom stereocenters. The van der Waals surface area contributed by atoms with Crippen molar-refractivity contribution in [3.05, 3.63) is 23.3 Å². The molecule has 0 fully saturated rings. The van der Waals surface area contributed by atoms with Crippen molar-refractivity contribution >= 4 is 5.97 Å². The van der Waals surface area contributed by atoms with Crippen LogP contribution in [0, 0.1) is 0 Å². The van der Waals surface area contributed by atoms with Crippen molar-refractivity contribution in [1.29, 1.82) is 0 Å². The zero-order valence-corrected chi connectivity index (χ0v) is 9.19. The summed E-state index contributed by atoms with van der Waals surface area (Å²) < 4.78 is 10.2. The average Bonchev–Trinajstić information content (AvgIpc) is 2.28. The first-order chi connectivity index (χ1) is 7.63. The van der Waals surface area contributed by atoms with Crippen molar-refractivity contribution in [3.8, 4) is 11.5 Å². The lowest BCUT2D eigenvalue weighted by Gasteiger charge is -2.13. The molecule has 1 rings (SSSR count). The van der Waals surface area contributed by atoms with Gasteiger partial charge in [-0.05, 0) is 18.6 Å². The molecular weight excluding hydrogens is 212 g/mol. The van der Waals surface area contributed by atoms with Gasteiger partial charge in [-0.15, -0.1) is 0 Å². The van der Waals surface area contributed by atoms with Crippen LogP contribution in [0.3, 0.4) is 0 Å². The number of carbonyl (C=O) groups is 1. The number of hydrogen-bond acceptors (Lipinski definition) is 4. The highest BCUT2D eigenvalue weighted by molar-refractivity contribution is 5.89. The van der Waals surface area contributed by atoms with Crippen LogP contribution in [-0.2, 0) is 6.42 Å². The van der Waals surface area contributed by atoms with Gasteiger partial charge in [-0.1, -0.05) is 0 Å². The third-order valence-electron chi connectivity index (χ3n) is 2.18. The molecule has 0 spiro atoms. The molecule has 0 saturated heterocycles. The zero-order chi connectivity index (χ0) is 12.1. The summed E-state index contributed by atoms with van der Waals surface area (Å²) in [7, 11) is 2.91. The summed E-state index contributed by atoms with van der Waals surface area (Å²) in [5, 5.41) is 17.8. The van der Waals surface area contributed by atoms with E-state index in [-0.39, 0.29) is 12.2 Å². The minimum Gasteiger partial charge on any atom is -0.493 e. The van der Waals surface area contributed by atoms with Gasteiger partial charge >= 0.3 is 5.97 Å². The number of aliphatic hydroxyl groups is 1. The van der Waals surface area contributed by atoms with Gasteiger partial charge < -0.3 is 19.7 Å². The van der Waals surface area contributed by atoms with Crippen molar-refractivity contribution in [2.24, 2.45) is 0 Å². The molecule has 5 heteroatoms. The Morgan fingerprint density at radius 3 is 2.44 bits per heavy atom. The van der Waals surface area contributed by atoms with Crippen LogP contribution < -0.4 is 9.47 Å². The topological polar surface area (TPSA) is 76.0 Å². The molecule has 0 bridgehead atoms. The SMILES string of the molecule is COc1cc(C(=O)O)cc(CCO)c1OC. The van der Waals surface area contributed by atoms with Gasteiger partial charge in [0.1, 0.15) is 0 Å². The molecule has 0 saturated carbocycles. The highest BCUT2D eigenvalue weighted by Crippen LogP contribution is 2.32. The van der Waals surface area contributed by atoms with Gasteiger partial charge in [0.05, 0.1) is 19.8 Å². The Labute approximate surface area is 93.2 Å². The van der Waals surface area contributed by atoms with Gasteiger partial charge in [0.2, 0.25) is 0 Å². The molecule has 16 heavy (non-hydrogen) atoms. The van der Waals surface area contributed by atoms with E-state index in [0.29, 0.717) is 23.5 Å². The van der Waals surface area contributed by atoms with Gasteiger partial charge in [-0.2, -0.15) is 0 Å². The van der Waals surface area contributed by atoms with E-state index in [2.05, 4.69) is 0 Å². The third-order valence-corrected chi connectivity index (χ3v) is 2.18. The lowest BCUT2D eigenvalue weighted by molar-refractivity contribution is 0.0696. The molecule has 0 aromatic heterocycles. The maximum Gasteiger partial charge on any atom is 0.335 e. The lowest BCUT2D eigenvalue weighted by Crippen LogP contribution is -2.04. The van der Waals surface area contributed by atoms with Crippen molar-refractivity contribution in [3.63, 3.8) is 0 Å². The first-order valence-electron chi connectivity index (χ1n) is 4.73. The number of methoxy groups -OCH3 is 2. The fourth-order valence-electron chi connectivity index (χ4n) is 1.47. The molecule has 0 atom stereocenters. The fraction of sp³-hybridized carbons (Fsp3) is 0.364. The number of carboxylic acid groups (broad SMARTS) is 1. The van der Waals surface area contributed by atoms with Crippen molar-refractivity contribution in [2.75, 3.05) is 20.8 Å². The number of benzene rings is 1. The van der Waals surface area contributed by atoms with Crippen LogP contribution in [-0.4, -0.2) is 37.0 Å². The van der Waals surface area contributed by atoms with Gasteiger partial charge in [0.15, 0.2) is 11.5 Å². The molecule has 0 aliphatic rings. The lowest BCUT2D eigenvalue weighted by atomic mass is 10.1. The number of aliphatic hydroxyl groups excluding tert-OH is 1. The van der Waals surface area contributed by atoms with E-state index >= 15 is 0 Å². The molecule has 0 radical (unpaired) electrons. The fourth-order valence-corrected chi connectivity index (χ4v) is 1.47. The highest BCUT2D eigenvalue weighted by atomic mass is 16.5. The van der Waals surface area contributed by atoms with Crippen LogP contribution in [0.25, 0.3) is 0 Å². The normalized spacial score (nSPS) is 9.94. The molecule has 0 aliphatic heterocycles. The Morgan fingerprint density at radius 1 is 1.31 bits per heavy atom. The van der Waals surface area contributed by atoms with Gasteiger partial charge in [0, 0.05) is 12.2 Å². The maximum atomic E-state index is 10.9. The van der Waals surface area contributed by atoms with E-state index in [9.17, 15) is 4.79 Å². The summed E-state index contributed by atoms with van der Waals surface area (Å²) in [5.74, 6) is -0.229. The molecule has 0 amide bonds. The number of aromatic carboxylic acids is 1. The van der Waals surface area contributed by atoms with Crippen LogP contribution in [0.4, 0.5) is 0 Å². The molecule has 2 N–H and O–H groups in total. The smallest absolute Gasteiger partial charge is 0.335 e. The summed E-state index contributed by atoms with van der Waals surface area (Å²) in [6, 6.07) is 2.86. The molecule has 1 aromatic carbocycles. The first-order valence-corrected chi connectivity index (χ1v) is 4.73. The Kier molecular flexibility index (Phi) is 4.13. The second kappa shape index (κ2) is 5.37. The van der Waals surface area contributed by atoms with Crippen LogP contribution in [0.15, 0.2) is 12.1 Å². The van der Waals surface area contributed by atoms with Crippen LogP contribution in [0.5, 0.6) is 11.5 Å². The Hall–Kier alpha value is -1.75. The molecule has 1 aromatic rings. The van der Waals surface area contributed by atoms with Crippen LogP contribution >= 0.6 is 0 Å². The Balaban J connectivity index is 3.31. The second-order valence-electron chi connectivity index (χ2n) is 3.15. The van der Waals surface area contributed by atoms with Gasteiger partial charge in [0.25, 0.3) is 0 Å². The molecule has 0 heterocycles. The van der Waals surface area contributed by atoms with E-state index < -0.39 is 5.97 Å². The largest absolute Gasteiger partial charge is 0.493 e. The van der Waals surface area contributed by atoms with Gasteiger partial charge in [-0.25, -0.2) is 4.79 Å². The van der Waals surface area contributed by atoms with Crippen LogP contribution in [0.1, 0.15) is 15.9 Å².